The predicted molar refractivity (Wildman–Crippen MR) is 114 cm³/mol. The summed E-state index contributed by atoms with van der Waals surface area (Å²) in [7, 11) is 0. The largest absolute Gasteiger partial charge is 0.458 e. The third kappa shape index (κ3) is 3.64. The Bertz CT molecular complexity index is 1380. The van der Waals surface area contributed by atoms with Gasteiger partial charge in [-0.2, -0.15) is 0 Å². The number of imidazole rings is 1. The summed E-state index contributed by atoms with van der Waals surface area (Å²) in [6.07, 6.45) is 0. The number of nitrogens with zero attached hydrogens (tertiary/aromatic N) is 4. The molecule has 2 N–H and O–H groups in total. The van der Waals surface area contributed by atoms with Crippen molar-refractivity contribution in [3.63, 3.8) is 0 Å². The van der Waals surface area contributed by atoms with E-state index < -0.39 is 11.6 Å². The topological polar surface area (TPSA) is 126 Å². The molecule has 1 amide bonds. The Kier molecular flexibility index (Phi) is 5.20. The molecule has 0 aliphatic heterocycles. The van der Waals surface area contributed by atoms with Crippen LogP contribution < -0.4 is 11.4 Å². The Hall–Kier alpha value is -3.72. The number of halogens is 1. The van der Waals surface area contributed by atoms with Crippen molar-refractivity contribution in [2.45, 2.75) is 26.9 Å². The van der Waals surface area contributed by atoms with Gasteiger partial charge in [0.05, 0.1) is 6.54 Å². The first-order valence-corrected chi connectivity index (χ1v) is 9.84. The zero-order valence-corrected chi connectivity index (χ0v) is 17.5. The number of benzene rings is 1. The molecule has 4 rings (SSSR count). The summed E-state index contributed by atoms with van der Waals surface area (Å²) in [6.45, 7) is 3.48. The lowest BCUT2D eigenvalue weighted by Crippen LogP contribution is -2.27. The molecule has 0 aliphatic carbocycles. The van der Waals surface area contributed by atoms with Crippen LogP contribution >= 0.6 is 11.6 Å². The highest BCUT2D eigenvalue weighted by Gasteiger charge is 2.25. The molecular formula is C21H18ClN5O4. The van der Waals surface area contributed by atoms with E-state index in [-0.39, 0.29) is 41.6 Å². The number of amides is 1. The highest BCUT2D eigenvalue weighted by atomic mass is 35.5. The van der Waals surface area contributed by atoms with Crippen LogP contribution in [-0.4, -0.2) is 30.8 Å². The molecule has 9 nitrogen and oxygen atoms in total. The summed E-state index contributed by atoms with van der Waals surface area (Å²) in [6, 6.07) is 9.70. The highest BCUT2D eigenvalue weighted by Crippen LogP contribution is 2.23. The fraction of sp³-hybridized carbons (Fsp3) is 0.190. The maximum Gasteiger partial charge on any atom is 0.330 e. The Balaban J connectivity index is 1.92. The first kappa shape index (κ1) is 20.5. The number of fused-ring (bicyclic) bond motifs is 1. The van der Waals surface area contributed by atoms with Crippen molar-refractivity contribution in [2.75, 3.05) is 0 Å². The summed E-state index contributed by atoms with van der Waals surface area (Å²) in [5.41, 5.74) is 5.59. The van der Waals surface area contributed by atoms with E-state index in [9.17, 15) is 14.4 Å². The molecule has 0 saturated heterocycles. The summed E-state index contributed by atoms with van der Waals surface area (Å²) in [5, 5.41) is 0.487. The van der Waals surface area contributed by atoms with Crippen LogP contribution in [0.2, 0.25) is 5.02 Å². The van der Waals surface area contributed by atoms with Crippen molar-refractivity contribution in [2.24, 2.45) is 5.73 Å². The van der Waals surface area contributed by atoms with Gasteiger partial charge in [-0.15, -0.1) is 0 Å². The average molecular weight is 440 g/mol. The molecule has 1 aromatic carbocycles. The van der Waals surface area contributed by atoms with Gasteiger partial charge in [0.15, 0.2) is 28.7 Å². The standard InChI is InChI=1S/C21H18ClN5O4/c1-3-26-20-17(16(18(23)29)24-19(25-20)15-9-4-11(2)31-15)27(21(26)30)10-14(28)12-5-7-13(22)8-6-12/h4-9H,3,10H2,1-2H3,(H2,23,29). The van der Waals surface area contributed by atoms with E-state index in [2.05, 4.69) is 9.97 Å². The Morgan fingerprint density at radius 3 is 2.39 bits per heavy atom. The number of Topliss-reactive ketones (excluding diaryl/α,β-unsaturated/α-hetero) is 1. The number of ketones is 1. The minimum atomic E-state index is -0.849. The van der Waals surface area contributed by atoms with E-state index >= 15 is 0 Å². The van der Waals surface area contributed by atoms with Crippen molar-refractivity contribution in [3.8, 4) is 11.6 Å². The van der Waals surface area contributed by atoms with Crippen molar-refractivity contribution in [3.05, 3.63) is 68.9 Å². The molecular weight excluding hydrogens is 422 g/mol. The molecule has 4 aromatic rings. The molecule has 3 heterocycles. The van der Waals surface area contributed by atoms with Gasteiger partial charge in [0, 0.05) is 17.1 Å². The SMILES string of the molecule is CCn1c(=O)n(CC(=O)c2ccc(Cl)cc2)c2c(C(N)=O)nc(-c3ccc(C)o3)nc21. The fourth-order valence-electron chi connectivity index (χ4n) is 3.35. The molecule has 0 unspecified atom stereocenters. The van der Waals surface area contributed by atoms with Crippen molar-refractivity contribution in [1.29, 1.82) is 0 Å². The van der Waals surface area contributed by atoms with Crippen LogP contribution in [0.5, 0.6) is 0 Å². The van der Waals surface area contributed by atoms with Gasteiger partial charge in [0.25, 0.3) is 5.91 Å². The number of carbonyl (C=O) groups excluding carboxylic acids is 2. The predicted octanol–water partition coefficient (Wildman–Crippen LogP) is 2.82. The molecule has 0 saturated carbocycles. The quantitative estimate of drug-likeness (QED) is 0.460. The van der Waals surface area contributed by atoms with Gasteiger partial charge in [-0.25, -0.2) is 14.8 Å². The lowest BCUT2D eigenvalue weighted by molar-refractivity contribution is 0.0966. The van der Waals surface area contributed by atoms with Gasteiger partial charge in [-0.3, -0.25) is 18.7 Å². The number of aromatic nitrogens is 4. The molecule has 0 fully saturated rings. The van der Waals surface area contributed by atoms with E-state index in [0.717, 1.165) is 0 Å². The van der Waals surface area contributed by atoms with Crippen LogP contribution in [0, 0.1) is 6.92 Å². The Morgan fingerprint density at radius 1 is 1.10 bits per heavy atom. The number of rotatable bonds is 6. The molecule has 31 heavy (non-hydrogen) atoms. The molecule has 0 radical (unpaired) electrons. The van der Waals surface area contributed by atoms with Crippen LogP contribution in [-0.2, 0) is 13.1 Å². The maximum absolute atomic E-state index is 13.1. The smallest absolute Gasteiger partial charge is 0.330 e. The zero-order chi connectivity index (χ0) is 22.3. The first-order chi connectivity index (χ1) is 14.8. The minimum absolute atomic E-state index is 0.105. The van der Waals surface area contributed by atoms with E-state index in [4.69, 9.17) is 21.8 Å². The number of hydrogen-bond donors (Lipinski definition) is 1. The lowest BCUT2D eigenvalue weighted by atomic mass is 10.1. The first-order valence-electron chi connectivity index (χ1n) is 9.46. The van der Waals surface area contributed by atoms with Crippen molar-refractivity contribution >= 4 is 34.5 Å². The second-order valence-corrected chi connectivity index (χ2v) is 7.32. The normalized spacial score (nSPS) is 11.2. The third-order valence-corrected chi connectivity index (χ3v) is 5.08. The molecule has 0 bridgehead atoms. The monoisotopic (exact) mass is 439 g/mol. The summed E-state index contributed by atoms with van der Waals surface area (Å²) in [5.74, 6) is -0.0916. The summed E-state index contributed by atoms with van der Waals surface area (Å²) >= 11 is 5.88. The third-order valence-electron chi connectivity index (χ3n) is 4.83. The van der Waals surface area contributed by atoms with Crippen LogP contribution in [0.25, 0.3) is 22.7 Å². The van der Waals surface area contributed by atoms with Crippen molar-refractivity contribution < 1.29 is 14.0 Å². The molecule has 0 aliphatic rings. The minimum Gasteiger partial charge on any atom is -0.458 e. The number of primary amides is 1. The van der Waals surface area contributed by atoms with E-state index in [1.165, 1.54) is 9.13 Å². The van der Waals surface area contributed by atoms with Crippen LogP contribution in [0.4, 0.5) is 0 Å². The van der Waals surface area contributed by atoms with Gasteiger partial charge in [0.2, 0.25) is 0 Å². The van der Waals surface area contributed by atoms with Crippen molar-refractivity contribution in [1.82, 2.24) is 19.1 Å². The number of aryl methyl sites for hydroxylation is 2. The average Bonchev–Trinajstić information content (AvgIpc) is 3.29. The molecule has 0 spiro atoms. The van der Waals surface area contributed by atoms with Crippen LogP contribution in [0.1, 0.15) is 33.5 Å². The van der Waals surface area contributed by atoms with E-state index in [1.54, 1.807) is 50.2 Å². The molecule has 10 heteroatoms. The highest BCUT2D eigenvalue weighted by molar-refractivity contribution is 6.30. The Labute approximate surface area is 181 Å². The Morgan fingerprint density at radius 2 is 1.81 bits per heavy atom. The second kappa shape index (κ2) is 7.84. The van der Waals surface area contributed by atoms with Crippen LogP contribution in [0.3, 0.4) is 0 Å². The van der Waals surface area contributed by atoms with Gasteiger partial charge in [-0.1, -0.05) is 11.6 Å². The van der Waals surface area contributed by atoms with Gasteiger partial charge >= 0.3 is 5.69 Å². The van der Waals surface area contributed by atoms with Gasteiger partial charge in [0.1, 0.15) is 11.3 Å². The molecule has 158 valence electrons. The number of nitrogens with two attached hydrogens (primary N) is 1. The number of carbonyl (C=O) groups is 2. The fourth-order valence-corrected chi connectivity index (χ4v) is 3.48. The summed E-state index contributed by atoms with van der Waals surface area (Å²) < 4.78 is 8.09. The number of hydrogen-bond acceptors (Lipinski definition) is 6. The molecule has 0 atom stereocenters. The lowest BCUT2D eigenvalue weighted by Gasteiger charge is -2.06. The van der Waals surface area contributed by atoms with E-state index in [1.807, 2.05) is 0 Å². The van der Waals surface area contributed by atoms with E-state index in [0.29, 0.717) is 22.1 Å². The maximum atomic E-state index is 13.1. The zero-order valence-electron chi connectivity index (χ0n) is 16.8. The summed E-state index contributed by atoms with van der Waals surface area (Å²) in [4.78, 5) is 46.8. The second-order valence-electron chi connectivity index (χ2n) is 6.89. The number of furan rings is 1. The van der Waals surface area contributed by atoms with Gasteiger partial charge < -0.3 is 10.2 Å². The molecule has 3 aromatic heterocycles. The van der Waals surface area contributed by atoms with Crippen LogP contribution in [0.15, 0.2) is 45.6 Å². The van der Waals surface area contributed by atoms with Gasteiger partial charge in [-0.05, 0) is 50.2 Å².